The summed E-state index contributed by atoms with van der Waals surface area (Å²) in [4.78, 5) is 19.3. The second kappa shape index (κ2) is 9.90. The van der Waals surface area contributed by atoms with Crippen LogP contribution < -0.4 is 9.64 Å². The van der Waals surface area contributed by atoms with Gasteiger partial charge in [0.25, 0.3) is 0 Å². The minimum Gasteiger partial charge on any atom is -0.494 e. The van der Waals surface area contributed by atoms with Gasteiger partial charge in [-0.3, -0.25) is 4.79 Å². The number of benzene rings is 3. The largest absolute Gasteiger partial charge is 0.494 e. The van der Waals surface area contributed by atoms with E-state index in [1.807, 2.05) is 24.3 Å². The number of carbonyl (C=O) groups excluding carboxylic acids is 1. The van der Waals surface area contributed by atoms with Crippen molar-refractivity contribution in [2.75, 3.05) is 18.1 Å². The van der Waals surface area contributed by atoms with E-state index in [2.05, 4.69) is 36.6 Å². The number of rotatable bonds is 8. The average molecular weight is 472 g/mol. The van der Waals surface area contributed by atoms with Gasteiger partial charge in [0.2, 0.25) is 5.91 Å². The van der Waals surface area contributed by atoms with Crippen LogP contribution in [0.5, 0.6) is 5.75 Å². The van der Waals surface area contributed by atoms with Gasteiger partial charge in [0.05, 0.1) is 23.3 Å². The lowest BCUT2D eigenvalue weighted by Gasteiger charge is -2.18. The van der Waals surface area contributed by atoms with Crippen LogP contribution in [0.25, 0.3) is 11.0 Å². The molecule has 1 aromatic heterocycles. The Bertz CT molecular complexity index is 1360. The van der Waals surface area contributed by atoms with Crippen molar-refractivity contribution in [1.82, 2.24) is 9.55 Å². The van der Waals surface area contributed by atoms with Crippen LogP contribution in [-0.2, 0) is 11.3 Å². The fourth-order valence-corrected chi connectivity index (χ4v) is 4.79. The maximum absolute atomic E-state index is 14.4. The molecule has 0 radical (unpaired) electrons. The molecule has 5 rings (SSSR count). The number of fused-ring (bicyclic) bond motifs is 1. The number of halogens is 1. The van der Waals surface area contributed by atoms with Gasteiger partial charge in [-0.05, 0) is 74.2 Å². The lowest BCUT2D eigenvalue weighted by molar-refractivity contribution is -0.117. The lowest BCUT2D eigenvalue weighted by atomic mass is 10.1. The number of hydrogen-bond donors (Lipinski definition) is 0. The zero-order valence-electron chi connectivity index (χ0n) is 20.2. The van der Waals surface area contributed by atoms with E-state index in [0.29, 0.717) is 25.3 Å². The van der Waals surface area contributed by atoms with Gasteiger partial charge in [0.15, 0.2) is 0 Å². The molecule has 0 saturated carbocycles. The lowest BCUT2D eigenvalue weighted by Crippen LogP contribution is -2.25. The predicted molar refractivity (Wildman–Crippen MR) is 136 cm³/mol. The maximum Gasteiger partial charge on any atom is 0.227 e. The van der Waals surface area contributed by atoms with Crippen molar-refractivity contribution < 1.29 is 13.9 Å². The Kier molecular flexibility index (Phi) is 6.53. The van der Waals surface area contributed by atoms with Crippen molar-refractivity contribution in [2.24, 2.45) is 0 Å². The van der Waals surface area contributed by atoms with Gasteiger partial charge in [-0.1, -0.05) is 30.3 Å². The molecule has 0 spiro atoms. The summed E-state index contributed by atoms with van der Waals surface area (Å²) in [7, 11) is 0. The standard InChI is InChI=1S/C29H30FN3O2/c1-20-13-14-23(17-21(20)2)35-16-8-7-15-32-27-12-6-4-10-25(27)31-29(32)22-18-28(34)33(19-22)26-11-5-3-9-24(26)30/h3-6,9-14,17,22H,7-8,15-16,18-19H2,1-2H3. The van der Waals surface area contributed by atoms with Crippen molar-refractivity contribution >= 4 is 22.6 Å². The molecule has 1 aliphatic heterocycles. The van der Waals surface area contributed by atoms with E-state index in [9.17, 15) is 9.18 Å². The number of hydrogen-bond acceptors (Lipinski definition) is 3. The fourth-order valence-electron chi connectivity index (χ4n) is 4.79. The Morgan fingerprint density at radius 1 is 1.00 bits per heavy atom. The number of ether oxygens (including phenoxy) is 1. The van der Waals surface area contributed by atoms with Gasteiger partial charge in [-0.2, -0.15) is 0 Å². The number of imidazole rings is 1. The molecule has 180 valence electrons. The molecule has 0 bridgehead atoms. The highest BCUT2D eigenvalue weighted by molar-refractivity contribution is 5.96. The molecule has 1 unspecified atom stereocenters. The third-order valence-corrected chi connectivity index (χ3v) is 6.84. The van der Waals surface area contributed by atoms with Crippen molar-refractivity contribution in [3.05, 3.63) is 89.5 Å². The Morgan fingerprint density at radius 3 is 2.63 bits per heavy atom. The van der Waals surface area contributed by atoms with Crippen molar-refractivity contribution in [3.63, 3.8) is 0 Å². The van der Waals surface area contributed by atoms with Crippen LogP contribution >= 0.6 is 0 Å². The SMILES string of the molecule is Cc1ccc(OCCCCn2c(C3CC(=O)N(c4ccccc4F)C3)nc3ccccc32)cc1C. The van der Waals surface area contributed by atoms with Gasteiger partial charge in [-0.15, -0.1) is 0 Å². The van der Waals surface area contributed by atoms with Crippen molar-refractivity contribution in [3.8, 4) is 5.75 Å². The summed E-state index contributed by atoms with van der Waals surface area (Å²) in [6.45, 7) is 6.05. The molecule has 1 aliphatic rings. The molecule has 6 heteroatoms. The van der Waals surface area contributed by atoms with E-state index in [4.69, 9.17) is 9.72 Å². The highest BCUT2D eigenvalue weighted by Crippen LogP contribution is 2.34. The molecule has 3 aromatic carbocycles. The summed E-state index contributed by atoms with van der Waals surface area (Å²) in [6, 6.07) is 20.7. The Balaban J connectivity index is 1.29. The zero-order chi connectivity index (χ0) is 24.4. The van der Waals surface area contributed by atoms with E-state index in [1.165, 1.54) is 17.2 Å². The molecule has 1 saturated heterocycles. The normalized spacial score (nSPS) is 15.8. The Morgan fingerprint density at radius 2 is 1.80 bits per heavy atom. The average Bonchev–Trinajstić information content (AvgIpc) is 3.42. The molecule has 1 amide bonds. The Hall–Kier alpha value is -3.67. The molecule has 5 nitrogen and oxygen atoms in total. The number of carbonyl (C=O) groups is 1. The highest BCUT2D eigenvalue weighted by Gasteiger charge is 2.35. The topological polar surface area (TPSA) is 47.4 Å². The zero-order valence-corrected chi connectivity index (χ0v) is 20.2. The van der Waals surface area contributed by atoms with Gasteiger partial charge < -0.3 is 14.2 Å². The minimum atomic E-state index is -0.376. The smallest absolute Gasteiger partial charge is 0.227 e. The van der Waals surface area contributed by atoms with Crippen LogP contribution in [0.4, 0.5) is 10.1 Å². The summed E-state index contributed by atoms with van der Waals surface area (Å²) in [6.07, 6.45) is 2.16. The van der Waals surface area contributed by atoms with Gasteiger partial charge in [-0.25, -0.2) is 9.37 Å². The second-order valence-corrected chi connectivity index (χ2v) is 9.27. The first-order chi connectivity index (χ1) is 17.0. The summed E-state index contributed by atoms with van der Waals surface area (Å²) >= 11 is 0. The summed E-state index contributed by atoms with van der Waals surface area (Å²) in [5.74, 6) is 1.27. The van der Waals surface area contributed by atoms with Gasteiger partial charge in [0, 0.05) is 25.4 Å². The van der Waals surface area contributed by atoms with E-state index < -0.39 is 0 Å². The predicted octanol–water partition coefficient (Wildman–Crippen LogP) is 6.17. The number of nitrogens with zero attached hydrogens (tertiary/aromatic N) is 3. The van der Waals surface area contributed by atoms with Gasteiger partial charge >= 0.3 is 0 Å². The quantitative estimate of drug-likeness (QED) is 0.289. The van der Waals surface area contributed by atoms with Gasteiger partial charge in [0.1, 0.15) is 17.4 Å². The molecular weight excluding hydrogens is 441 g/mol. The monoisotopic (exact) mass is 471 g/mol. The van der Waals surface area contributed by atoms with Crippen molar-refractivity contribution in [1.29, 1.82) is 0 Å². The second-order valence-electron chi connectivity index (χ2n) is 9.27. The number of para-hydroxylation sites is 3. The van der Waals surface area contributed by atoms with E-state index >= 15 is 0 Å². The van der Waals surface area contributed by atoms with Crippen LogP contribution in [0, 0.1) is 19.7 Å². The molecule has 1 fully saturated rings. The third kappa shape index (κ3) is 4.78. The third-order valence-electron chi connectivity index (χ3n) is 6.84. The van der Waals surface area contributed by atoms with E-state index in [0.717, 1.165) is 42.0 Å². The fraction of sp³-hybridized carbons (Fsp3) is 0.310. The van der Waals surface area contributed by atoms with Crippen LogP contribution in [0.3, 0.4) is 0 Å². The first-order valence-corrected chi connectivity index (χ1v) is 12.2. The van der Waals surface area contributed by atoms with Crippen LogP contribution in [-0.4, -0.2) is 28.6 Å². The summed E-state index contributed by atoms with van der Waals surface area (Å²) in [5, 5.41) is 0. The van der Waals surface area contributed by atoms with E-state index in [-0.39, 0.29) is 17.6 Å². The molecule has 0 aliphatic carbocycles. The molecule has 35 heavy (non-hydrogen) atoms. The highest BCUT2D eigenvalue weighted by atomic mass is 19.1. The van der Waals surface area contributed by atoms with Crippen molar-refractivity contribution in [2.45, 2.75) is 45.6 Å². The molecule has 2 heterocycles. The molecule has 1 atom stereocenters. The number of aryl methyl sites for hydroxylation is 3. The van der Waals surface area contributed by atoms with E-state index in [1.54, 1.807) is 23.1 Å². The van der Waals surface area contributed by atoms with Crippen LogP contribution in [0.1, 0.15) is 42.1 Å². The minimum absolute atomic E-state index is 0.0690. The summed E-state index contributed by atoms with van der Waals surface area (Å²) in [5.41, 5.74) is 4.81. The summed E-state index contributed by atoms with van der Waals surface area (Å²) < 4.78 is 22.6. The first-order valence-electron chi connectivity index (χ1n) is 12.2. The molecule has 0 N–H and O–H groups in total. The maximum atomic E-state index is 14.4. The number of anilines is 1. The number of amides is 1. The number of unbranched alkanes of at least 4 members (excludes halogenated alkanes) is 1. The first kappa shape index (κ1) is 23.1. The molecule has 4 aromatic rings. The molecular formula is C29H30FN3O2. The number of aromatic nitrogens is 2. The Labute approximate surface area is 205 Å². The van der Waals surface area contributed by atoms with Crippen LogP contribution in [0.15, 0.2) is 66.7 Å². The van der Waals surface area contributed by atoms with Crippen LogP contribution in [0.2, 0.25) is 0 Å².